The van der Waals surface area contributed by atoms with Crippen molar-refractivity contribution in [2.75, 3.05) is 25.4 Å². The van der Waals surface area contributed by atoms with Crippen LogP contribution in [0.5, 0.6) is 0 Å². The molecular formula is C20H20F3NO4S. The molecule has 1 aliphatic heterocycles. The van der Waals surface area contributed by atoms with Crippen LogP contribution in [0.1, 0.15) is 23.7 Å². The summed E-state index contributed by atoms with van der Waals surface area (Å²) in [6.07, 6.45) is -5.14. The first-order valence-corrected chi connectivity index (χ1v) is 10.7. The fraction of sp³-hybridized carbons (Fsp3) is 0.350. The smallest absolute Gasteiger partial charge is 0.370 e. The van der Waals surface area contributed by atoms with Crippen molar-refractivity contribution >= 4 is 15.7 Å². The van der Waals surface area contributed by atoms with Crippen LogP contribution in [0.4, 0.5) is 13.2 Å². The molecule has 156 valence electrons. The molecular weight excluding hydrogens is 407 g/mol. The van der Waals surface area contributed by atoms with Gasteiger partial charge < -0.3 is 9.64 Å². The van der Waals surface area contributed by atoms with Crippen LogP contribution in [0.15, 0.2) is 59.5 Å². The molecule has 29 heavy (non-hydrogen) atoms. The zero-order valence-corrected chi connectivity index (χ0v) is 16.2. The number of alkyl halides is 3. The van der Waals surface area contributed by atoms with Gasteiger partial charge in [0.25, 0.3) is 0 Å². The largest absolute Gasteiger partial charge is 0.416 e. The highest BCUT2D eigenvalue weighted by Gasteiger charge is 2.31. The van der Waals surface area contributed by atoms with Crippen LogP contribution in [0.2, 0.25) is 0 Å². The third-order valence-corrected chi connectivity index (χ3v) is 6.45. The summed E-state index contributed by atoms with van der Waals surface area (Å²) in [5.74, 6) is -0.636. The van der Waals surface area contributed by atoms with E-state index in [4.69, 9.17) is 4.74 Å². The monoisotopic (exact) mass is 427 g/mol. The van der Waals surface area contributed by atoms with Crippen molar-refractivity contribution in [3.63, 3.8) is 0 Å². The molecule has 2 aromatic rings. The van der Waals surface area contributed by atoms with Crippen LogP contribution in [0, 0.1) is 0 Å². The molecule has 0 bridgehead atoms. The molecule has 0 N–H and O–H groups in total. The fourth-order valence-electron chi connectivity index (χ4n) is 3.09. The number of halogens is 3. The van der Waals surface area contributed by atoms with Gasteiger partial charge in [0, 0.05) is 13.0 Å². The van der Waals surface area contributed by atoms with Gasteiger partial charge in [0.15, 0.2) is 9.84 Å². The molecule has 1 saturated heterocycles. The minimum absolute atomic E-state index is 0.162. The highest BCUT2D eigenvalue weighted by atomic mass is 32.2. The highest BCUT2D eigenvalue weighted by molar-refractivity contribution is 7.91. The Morgan fingerprint density at radius 2 is 1.72 bits per heavy atom. The lowest BCUT2D eigenvalue weighted by atomic mass is 10.0. The zero-order valence-electron chi connectivity index (χ0n) is 15.4. The summed E-state index contributed by atoms with van der Waals surface area (Å²) in [5, 5.41) is 0. The Hall–Kier alpha value is -2.39. The second-order valence-electron chi connectivity index (χ2n) is 6.70. The van der Waals surface area contributed by atoms with Crippen LogP contribution < -0.4 is 0 Å². The molecule has 0 aliphatic carbocycles. The number of hydrogen-bond acceptors (Lipinski definition) is 4. The fourth-order valence-corrected chi connectivity index (χ4v) is 4.34. The summed E-state index contributed by atoms with van der Waals surface area (Å²) in [7, 11) is -3.56. The topological polar surface area (TPSA) is 63.7 Å². The predicted octanol–water partition coefficient (Wildman–Crippen LogP) is 3.47. The van der Waals surface area contributed by atoms with Gasteiger partial charge in [-0.2, -0.15) is 13.2 Å². The van der Waals surface area contributed by atoms with Crippen LogP contribution in [-0.2, 0) is 25.5 Å². The average Bonchev–Trinajstić information content (AvgIpc) is 2.72. The van der Waals surface area contributed by atoms with Gasteiger partial charge in [-0.25, -0.2) is 8.42 Å². The van der Waals surface area contributed by atoms with Crippen molar-refractivity contribution in [3.8, 4) is 0 Å². The van der Waals surface area contributed by atoms with Gasteiger partial charge in [0.2, 0.25) is 5.91 Å². The summed E-state index contributed by atoms with van der Waals surface area (Å²) in [6, 6.07) is 12.5. The van der Waals surface area contributed by atoms with Gasteiger partial charge >= 0.3 is 6.18 Å². The molecule has 0 spiro atoms. The van der Waals surface area contributed by atoms with Crippen molar-refractivity contribution in [2.24, 2.45) is 0 Å². The van der Waals surface area contributed by atoms with E-state index in [1.165, 1.54) is 29.2 Å². The Morgan fingerprint density at radius 1 is 1.07 bits per heavy atom. The van der Waals surface area contributed by atoms with E-state index >= 15 is 0 Å². The lowest BCUT2D eigenvalue weighted by Gasteiger charge is -2.33. The molecule has 2 aromatic carbocycles. The van der Waals surface area contributed by atoms with Crippen LogP contribution in [0.3, 0.4) is 0 Å². The summed E-state index contributed by atoms with van der Waals surface area (Å²) in [4.78, 5) is 14.2. The molecule has 0 saturated carbocycles. The lowest BCUT2D eigenvalue weighted by Crippen LogP contribution is -2.42. The molecule has 1 amide bonds. The Bertz CT molecular complexity index is 944. The van der Waals surface area contributed by atoms with Gasteiger partial charge in [-0.1, -0.05) is 30.3 Å². The maximum Gasteiger partial charge on any atom is 0.416 e. The molecule has 0 radical (unpaired) electrons. The van der Waals surface area contributed by atoms with Crippen molar-refractivity contribution in [3.05, 3.63) is 65.7 Å². The van der Waals surface area contributed by atoms with Crippen LogP contribution >= 0.6 is 0 Å². The van der Waals surface area contributed by atoms with Crippen molar-refractivity contribution in [2.45, 2.75) is 23.6 Å². The second kappa shape index (κ2) is 8.54. The van der Waals surface area contributed by atoms with Crippen LogP contribution in [-0.4, -0.2) is 44.7 Å². The van der Waals surface area contributed by atoms with E-state index in [2.05, 4.69) is 0 Å². The molecule has 1 fully saturated rings. The van der Waals surface area contributed by atoms with Crippen LogP contribution in [0.25, 0.3) is 0 Å². The van der Waals surface area contributed by atoms with E-state index in [-0.39, 0.29) is 36.1 Å². The van der Waals surface area contributed by atoms with Gasteiger partial charge in [-0.3, -0.25) is 4.79 Å². The normalized spacial score (nSPS) is 17.9. The molecule has 1 heterocycles. The van der Waals surface area contributed by atoms with E-state index in [1.807, 2.05) is 0 Å². The van der Waals surface area contributed by atoms with E-state index < -0.39 is 27.7 Å². The average molecular weight is 427 g/mol. The molecule has 3 rings (SSSR count). The third kappa shape index (κ3) is 5.36. The maximum absolute atomic E-state index is 12.7. The minimum Gasteiger partial charge on any atom is -0.370 e. The van der Waals surface area contributed by atoms with Crippen molar-refractivity contribution in [1.29, 1.82) is 0 Å². The first-order chi connectivity index (χ1) is 13.7. The number of sulfone groups is 1. The summed E-state index contributed by atoms with van der Waals surface area (Å²) < 4.78 is 68.4. The van der Waals surface area contributed by atoms with Gasteiger partial charge in [0.1, 0.15) is 6.10 Å². The number of hydrogen-bond donors (Lipinski definition) is 0. The molecule has 0 aromatic heterocycles. The maximum atomic E-state index is 12.7. The SMILES string of the molecule is O=C(CCS(=O)(=O)c1ccccc1)N1CCOC(c2ccc(C(F)(F)F)cc2)C1. The number of ether oxygens (including phenoxy) is 1. The Morgan fingerprint density at radius 3 is 2.34 bits per heavy atom. The van der Waals surface area contributed by atoms with Crippen molar-refractivity contribution in [1.82, 2.24) is 4.90 Å². The first-order valence-electron chi connectivity index (χ1n) is 9.01. The number of carbonyl (C=O) groups excluding carboxylic acids is 1. The quantitative estimate of drug-likeness (QED) is 0.733. The molecule has 1 atom stereocenters. The Kier molecular flexibility index (Phi) is 6.28. The standard InChI is InChI=1S/C20H20F3NO4S/c21-20(22,23)16-8-6-15(7-9-16)18-14-24(11-12-28-18)19(25)10-13-29(26,27)17-4-2-1-3-5-17/h1-9,18H,10-14H2. The Balaban J connectivity index is 1.61. The summed E-state index contributed by atoms with van der Waals surface area (Å²) in [6.45, 7) is 0.694. The second-order valence-corrected chi connectivity index (χ2v) is 8.81. The van der Waals surface area contributed by atoms with Gasteiger partial charge in [-0.15, -0.1) is 0 Å². The minimum atomic E-state index is -4.42. The number of benzene rings is 2. The number of nitrogens with zero attached hydrogens (tertiary/aromatic N) is 1. The molecule has 5 nitrogen and oxygen atoms in total. The molecule has 1 unspecified atom stereocenters. The van der Waals surface area contributed by atoms with E-state index in [0.717, 1.165) is 12.1 Å². The zero-order chi connectivity index (χ0) is 21.1. The molecule has 1 aliphatic rings. The van der Waals surface area contributed by atoms with Gasteiger partial charge in [0.05, 0.1) is 29.4 Å². The number of rotatable bonds is 5. The predicted molar refractivity (Wildman–Crippen MR) is 99.8 cm³/mol. The van der Waals surface area contributed by atoms with Crippen molar-refractivity contribution < 1.29 is 31.1 Å². The Labute approximate surface area is 167 Å². The van der Waals surface area contributed by atoms with E-state index in [1.54, 1.807) is 18.2 Å². The van der Waals surface area contributed by atoms with Gasteiger partial charge in [-0.05, 0) is 29.8 Å². The highest BCUT2D eigenvalue weighted by Crippen LogP contribution is 2.31. The lowest BCUT2D eigenvalue weighted by molar-refractivity contribution is -0.138. The molecule has 9 heteroatoms. The number of carbonyl (C=O) groups is 1. The number of amides is 1. The van der Waals surface area contributed by atoms with E-state index in [9.17, 15) is 26.4 Å². The first kappa shape index (κ1) is 21.3. The van der Waals surface area contributed by atoms with E-state index in [0.29, 0.717) is 12.1 Å². The summed E-state index contributed by atoms with van der Waals surface area (Å²) in [5.41, 5.74) is -0.219. The third-order valence-electron chi connectivity index (χ3n) is 4.72. The summed E-state index contributed by atoms with van der Waals surface area (Å²) >= 11 is 0. The number of morpholine rings is 1.